The van der Waals surface area contributed by atoms with Crippen molar-refractivity contribution in [1.29, 1.82) is 0 Å². The van der Waals surface area contributed by atoms with Crippen molar-refractivity contribution in [2.45, 2.75) is 112 Å². The number of rotatable bonds is 4. The third-order valence-electron chi connectivity index (χ3n) is 11.6. The van der Waals surface area contributed by atoms with Gasteiger partial charge in [0.1, 0.15) is 0 Å². The van der Waals surface area contributed by atoms with Crippen LogP contribution in [0.1, 0.15) is 122 Å². The number of hydrogen-bond donors (Lipinski definition) is 0. The van der Waals surface area contributed by atoms with Gasteiger partial charge in [-0.05, 0) is 39.5 Å². The van der Waals surface area contributed by atoms with Gasteiger partial charge in [-0.1, -0.05) is 188 Å². The van der Waals surface area contributed by atoms with Gasteiger partial charge in [-0.25, -0.2) is 6.08 Å². The third kappa shape index (κ3) is 11.4. The maximum absolute atomic E-state index is 3.88. The van der Waals surface area contributed by atoms with E-state index in [1.165, 1.54) is 121 Å². The number of hydrogen-bond acceptors (Lipinski definition) is 0. The monoisotopic (exact) mass is 868 g/mol. The summed E-state index contributed by atoms with van der Waals surface area (Å²) in [5.41, 5.74) is 16.9. The molecule has 0 amide bonds. The zero-order valence-electron chi connectivity index (χ0n) is 35.6. The van der Waals surface area contributed by atoms with Gasteiger partial charge < -0.3 is 24.8 Å². The minimum atomic E-state index is 0. The Morgan fingerprint density at radius 2 is 1.19 bits per heavy atom. The fourth-order valence-electron chi connectivity index (χ4n) is 8.37. The smallest absolute Gasteiger partial charge is 1.00 e. The van der Waals surface area contributed by atoms with Crippen molar-refractivity contribution in [1.82, 2.24) is 0 Å². The molecular formula is C54H60Cl2Zr-2. The molecule has 8 rings (SSSR count). The molecule has 5 aromatic rings. The third-order valence-corrected chi connectivity index (χ3v) is 12.3. The maximum Gasteiger partial charge on any atom is -1.00 e. The summed E-state index contributed by atoms with van der Waals surface area (Å²) in [7, 11) is 0. The molecule has 0 radical (unpaired) electrons. The Hall–Kier alpha value is -3.09. The van der Waals surface area contributed by atoms with Crippen LogP contribution in [0.5, 0.6) is 0 Å². The molecule has 1 atom stereocenters. The first kappa shape index (κ1) is 46.6. The van der Waals surface area contributed by atoms with E-state index < -0.39 is 0 Å². The van der Waals surface area contributed by atoms with Crippen LogP contribution in [0.4, 0.5) is 0 Å². The largest absolute Gasteiger partial charge is 1.00 e. The van der Waals surface area contributed by atoms with Crippen LogP contribution in [0.2, 0.25) is 0 Å². The van der Waals surface area contributed by atoms with Crippen LogP contribution >= 0.6 is 0 Å². The predicted molar refractivity (Wildman–Crippen MR) is 234 cm³/mol. The summed E-state index contributed by atoms with van der Waals surface area (Å²) in [5, 5.41) is 0. The molecule has 296 valence electrons. The van der Waals surface area contributed by atoms with E-state index in [0.717, 1.165) is 6.42 Å². The van der Waals surface area contributed by atoms with E-state index in [1.807, 2.05) is 6.07 Å². The molecule has 5 aromatic carbocycles. The summed E-state index contributed by atoms with van der Waals surface area (Å²) in [4.78, 5) is 0. The molecule has 0 nitrogen and oxygen atoms in total. The summed E-state index contributed by atoms with van der Waals surface area (Å²) in [5.74, 6) is 0.550. The van der Waals surface area contributed by atoms with E-state index >= 15 is 0 Å². The van der Waals surface area contributed by atoms with Gasteiger partial charge in [0, 0.05) is 0 Å². The fraction of sp³-hybridized carbons (Fsp3) is 0.352. The van der Waals surface area contributed by atoms with Crippen molar-refractivity contribution in [3.8, 4) is 33.4 Å². The molecule has 0 aromatic heterocycles. The van der Waals surface area contributed by atoms with Gasteiger partial charge >= 0.3 is 70.3 Å². The van der Waals surface area contributed by atoms with E-state index in [4.69, 9.17) is 0 Å². The molecule has 0 saturated heterocycles. The molecule has 0 spiro atoms. The molecule has 3 heteroatoms. The first-order valence-electron chi connectivity index (χ1n) is 20.4. The quantitative estimate of drug-likeness (QED) is 0.156. The summed E-state index contributed by atoms with van der Waals surface area (Å²) in [6.45, 7) is 20.7. The van der Waals surface area contributed by atoms with E-state index in [2.05, 4.69) is 190 Å². The molecule has 0 N–H and O–H groups in total. The predicted octanol–water partition coefficient (Wildman–Crippen LogP) is 8.66. The molecule has 3 aliphatic carbocycles. The normalized spacial score (nSPS) is 16.3. The molecule has 1 unspecified atom stereocenters. The van der Waals surface area contributed by atoms with Gasteiger partial charge in [-0.3, -0.25) is 6.08 Å². The molecule has 0 heterocycles. The van der Waals surface area contributed by atoms with E-state index in [0.29, 0.717) is 11.3 Å². The molecule has 0 aliphatic heterocycles. The second-order valence-electron chi connectivity index (χ2n) is 18.2. The van der Waals surface area contributed by atoms with Crippen molar-refractivity contribution in [3.05, 3.63) is 167 Å². The van der Waals surface area contributed by atoms with Gasteiger partial charge in [-0.2, -0.15) is 11.6 Å². The Labute approximate surface area is 372 Å². The zero-order valence-corrected chi connectivity index (χ0v) is 39.6. The second kappa shape index (κ2) is 19.8. The van der Waals surface area contributed by atoms with Gasteiger partial charge in [-0.15, -0.1) is 28.8 Å². The number of fused-ring (bicyclic) bond motifs is 3. The second-order valence-corrected chi connectivity index (χ2v) is 20.1. The Morgan fingerprint density at radius 1 is 0.667 bits per heavy atom. The van der Waals surface area contributed by atoms with Crippen molar-refractivity contribution >= 4 is 3.21 Å². The van der Waals surface area contributed by atoms with E-state index in [1.54, 1.807) is 5.57 Å². The van der Waals surface area contributed by atoms with Gasteiger partial charge in [0.2, 0.25) is 0 Å². The van der Waals surface area contributed by atoms with Crippen molar-refractivity contribution in [2.24, 2.45) is 11.3 Å². The van der Waals surface area contributed by atoms with Crippen LogP contribution < -0.4 is 24.8 Å². The van der Waals surface area contributed by atoms with Crippen molar-refractivity contribution in [2.75, 3.05) is 0 Å². The zero-order chi connectivity index (χ0) is 39.4. The maximum atomic E-state index is 3.88. The van der Waals surface area contributed by atoms with Gasteiger partial charge in [0.25, 0.3) is 0 Å². The molecular weight excluding hydrogens is 811 g/mol. The first-order valence-corrected chi connectivity index (χ1v) is 21.7. The van der Waals surface area contributed by atoms with Gasteiger partial charge in [0.05, 0.1) is 0 Å². The number of halogens is 2. The molecule has 3 aliphatic rings. The Kier molecular flexibility index (Phi) is 16.2. The molecule has 1 saturated carbocycles. The van der Waals surface area contributed by atoms with Crippen molar-refractivity contribution in [3.63, 3.8) is 0 Å². The number of allylic oxidation sites excluding steroid dienone is 4. The van der Waals surface area contributed by atoms with E-state index in [-0.39, 0.29) is 35.6 Å². The van der Waals surface area contributed by atoms with Gasteiger partial charge in [0.15, 0.2) is 0 Å². The molecule has 57 heavy (non-hydrogen) atoms. The van der Waals surface area contributed by atoms with Crippen LogP contribution in [0.15, 0.2) is 127 Å². The summed E-state index contributed by atoms with van der Waals surface area (Å²) < 4.78 is 1.46. The van der Waals surface area contributed by atoms with Crippen LogP contribution in [0, 0.1) is 23.5 Å². The van der Waals surface area contributed by atoms with Crippen molar-refractivity contribution < 1.29 is 49.0 Å². The summed E-state index contributed by atoms with van der Waals surface area (Å²) in [6, 6.07) is 43.3. The summed E-state index contributed by atoms with van der Waals surface area (Å²) >= 11 is 1.51. The Bertz CT molecular complexity index is 2050. The van der Waals surface area contributed by atoms with Crippen LogP contribution in [0.3, 0.4) is 0 Å². The Balaban J connectivity index is 0.000000246. The minimum Gasteiger partial charge on any atom is -1.00 e. The van der Waals surface area contributed by atoms with Crippen LogP contribution in [0.25, 0.3) is 33.4 Å². The average Bonchev–Trinajstić information content (AvgIpc) is 3.78. The van der Waals surface area contributed by atoms with Crippen LogP contribution in [-0.4, -0.2) is 3.21 Å². The SMILES string of the molecule is CC(C)(C)c1cc2c([c-]c1-c1ccccc1)Cc1cc(-c3ccccc3)c(C(C)(C)C)cc1-2.CC1[C-]=CC(C2(C)CCCCC2)=C1.C[C](=[Zr+2])c1ccccc1.[Cl-].[Cl-]. The minimum absolute atomic E-state index is 0. The molecule has 1 fully saturated rings. The van der Waals surface area contributed by atoms with Crippen LogP contribution in [-0.2, 0) is 41.5 Å². The average molecular weight is 871 g/mol. The standard InChI is InChI=1S/C33H33.C13H19.C8H8.2ClH.Zr/c1-32(2,3)30-20-26-24(18-28(30)22-13-9-7-10-14-22)17-25-19-29(23-15-11-8-12-16-23)31(21-27(25)26)33(4,5)6;1-11-6-7-12(10-11)13(2)8-4-3-5-9-13;1-2-8-6-4-3-5-7-8;;;/h7-16,18,20-21H,17H2,1-6H3;7,10-11H,3-5,8-9H2,1-2H3;3-7H,1H3;2*1H;/q2*-1;;;;+2/p-2. The topological polar surface area (TPSA) is 0 Å². The Morgan fingerprint density at radius 3 is 1.68 bits per heavy atom. The first-order chi connectivity index (χ1) is 26.1. The number of benzene rings is 5. The summed E-state index contributed by atoms with van der Waals surface area (Å²) in [6.07, 6.45) is 16.0. The van der Waals surface area contributed by atoms with E-state index in [9.17, 15) is 0 Å². The molecule has 0 bridgehead atoms. The fourth-order valence-corrected chi connectivity index (χ4v) is 8.78.